The molecule has 5 heteroatoms. The first-order valence-corrected chi connectivity index (χ1v) is 5.36. The van der Waals surface area contributed by atoms with Crippen molar-refractivity contribution in [3.8, 4) is 0 Å². The minimum Gasteiger partial charge on any atom is -0.481 e. The van der Waals surface area contributed by atoms with E-state index in [9.17, 15) is 4.79 Å². The maximum Gasteiger partial charge on any atom is 0.308 e. The molecule has 16 heavy (non-hydrogen) atoms. The van der Waals surface area contributed by atoms with Gasteiger partial charge in [0, 0.05) is 19.8 Å². The third-order valence-electron chi connectivity index (χ3n) is 2.39. The van der Waals surface area contributed by atoms with E-state index in [1.54, 1.807) is 25.1 Å². The molecule has 0 aliphatic carbocycles. The van der Waals surface area contributed by atoms with Crippen LogP contribution in [0.2, 0.25) is 5.02 Å². The lowest BCUT2D eigenvalue weighted by Crippen LogP contribution is -2.29. The lowest BCUT2D eigenvalue weighted by molar-refractivity contribution is -0.140. The number of halogens is 1. The number of hydrogen-bond acceptors (Lipinski definition) is 3. The number of carbonyl (C=O) groups is 1. The van der Waals surface area contributed by atoms with Gasteiger partial charge >= 0.3 is 5.97 Å². The van der Waals surface area contributed by atoms with E-state index < -0.39 is 11.9 Å². The van der Waals surface area contributed by atoms with E-state index in [1.807, 2.05) is 13.0 Å². The molecule has 1 heterocycles. The predicted octanol–water partition coefficient (Wildman–Crippen LogP) is 2.20. The molecule has 88 valence electrons. The molecule has 0 spiro atoms. The van der Waals surface area contributed by atoms with E-state index in [4.69, 9.17) is 16.7 Å². The SMILES string of the molecule is Cc1ccnc(N(C)C[C@H](C)C(=O)O)c1Cl. The number of carboxylic acid groups (broad SMARTS) is 1. The summed E-state index contributed by atoms with van der Waals surface area (Å²) < 4.78 is 0. The van der Waals surface area contributed by atoms with Gasteiger partial charge in [-0.2, -0.15) is 0 Å². The summed E-state index contributed by atoms with van der Waals surface area (Å²) in [6.45, 7) is 3.93. The van der Waals surface area contributed by atoms with E-state index in [0.29, 0.717) is 17.4 Å². The number of carboxylic acids is 1. The van der Waals surface area contributed by atoms with Gasteiger partial charge in [-0.15, -0.1) is 0 Å². The first-order chi connectivity index (χ1) is 7.43. The van der Waals surface area contributed by atoms with Gasteiger partial charge in [0.15, 0.2) is 0 Å². The number of aliphatic carboxylic acids is 1. The molecule has 0 fully saturated rings. The van der Waals surface area contributed by atoms with E-state index in [0.717, 1.165) is 5.56 Å². The summed E-state index contributed by atoms with van der Waals surface area (Å²) in [4.78, 5) is 16.6. The fourth-order valence-electron chi connectivity index (χ4n) is 1.37. The Morgan fingerprint density at radius 1 is 1.69 bits per heavy atom. The molecule has 1 N–H and O–H groups in total. The van der Waals surface area contributed by atoms with Crippen molar-refractivity contribution in [2.75, 3.05) is 18.5 Å². The Balaban J connectivity index is 2.84. The lowest BCUT2D eigenvalue weighted by atomic mass is 10.2. The van der Waals surface area contributed by atoms with Crippen molar-refractivity contribution in [3.05, 3.63) is 22.8 Å². The summed E-state index contributed by atoms with van der Waals surface area (Å²) in [6, 6.07) is 1.82. The highest BCUT2D eigenvalue weighted by atomic mass is 35.5. The van der Waals surface area contributed by atoms with E-state index in [-0.39, 0.29) is 0 Å². The Kier molecular flexibility index (Phi) is 4.12. The van der Waals surface area contributed by atoms with Crippen molar-refractivity contribution in [2.45, 2.75) is 13.8 Å². The van der Waals surface area contributed by atoms with Crippen LogP contribution in [0.3, 0.4) is 0 Å². The zero-order chi connectivity index (χ0) is 12.3. The normalized spacial score (nSPS) is 12.2. The van der Waals surface area contributed by atoms with E-state index in [2.05, 4.69) is 4.98 Å². The molecule has 0 aliphatic rings. The highest BCUT2D eigenvalue weighted by molar-refractivity contribution is 6.33. The van der Waals surface area contributed by atoms with Gasteiger partial charge in [-0.3, -0.25) is 4.79 Å². The Morgan fingerprint density at radius 3 is 2.88 bits per heavy atom. The number of rotatable bonds is 4. The molecule has 0 radical (unpaired) electrons. The van der Waals surface area contributed by atoms with Crippen molar-refractivity contribution >= 4 is 23.4 Å². The van der Waals surface area contributed by atoms with Crippen LogP contribution in [0.4, 0.5) is 5.82 Å². The second-order valence-electron chi connectivity index (χ2n) is 3.89. The van der Waals surface area contributed by atoms with Crippen LogP contribution in [0.25, 0.3) is 0 Å². The van der Waals surface area contributed by atoms with Gasteiger partial charge in [-0.25, -0.2) is 4.98 Å². The molecular formula is C11H15ClN2O2. The van der Waals surface area contributed by atoms with Gasteiger partial charge in [-0.1, -0.05) is 18.5 Å². The third-order valence-corrected chi connectivity index (χ3v) is 2.86. The molecule has 0 saturated heterocycles. The molecular weight excluding hydrogens is 228 g/mol. The first-order valence-electron chi connectivity index (χ1n) is 4.98. The largest absolute Gasteiger partial charge is 0.481 e. The minimum absolute atomic E-state index is 0.380. The monoisotopic (exact) mass is 242 g/mol. The van der Waals surface area contributed by atoms with Crippen LogP contribution < -0.4 is 4.90 Å². The second kappa shape index (κ2) is 5.16. The lowest BCUT2D eigenvalue weighted by Gasteiger charge is -2.21. The molecule has 1 rings (SSSR count). The topological polar surface area (TPSA) is 53.4 Å². The fraction of sp³-hybridized carbons (Fsp3) is 0.455. The summed E-state index contributed by atoms with van der Waals surface area (Å²) in [5.74, 6) is -0.659. The van der Waals surface area contributed by atoms with Gasteiger partial charge in [0.25, 0.3) is 0 Å². The molecule has 0 bridgehead atoms. The van der Waals surface area contributed by atoms with Crippen LogP contribution in [0, 0.1) is 12.8 Å². The highest BCUT2D eigenvalue weighted by Gasteiger charge is 2.16. The quantitative estimate of drug-likeness (QED) is 0.880. The summed E-state index contributed by atoms with van der Waals surface area (Å²) in [5, 5.41) is 9.39. The standard InChI is InChI=1S/C11H15ClN2O2/c1-7-4-5-13-10(9(7)12)14(3)6-8(2)11(15)16/h4-5,8H,6H2,1-3H3,(H,15,16)/t8-/m0/s1. The van der Waals surface area contributed by atoms with Gasteiger partial charge in [0.1, 0.15) is 5.82 Å². The second-order valence-corrected chi connectivity index (χ2v) is 4.26. The minimum atomic E-state index is -0.823. The van der Waals surface area contributed by atoms with Gasteiger partial charge < -0.3 is 10.0 Å². The number of aryl methyl sites for hydroxylation is 1. The number of pyridine rings is 1. The van der Waals surface area contributed by atoms with Crippen LogP contribution in [0.5, 0.6) is 0 Å². The van der Waals surface area contributed by atoms with Gasteiger partial charge in [-0.05, 0) is 18.6 Å². The van der Waals surface area contributed by atoms with Crippen molar-refractivity contribution in [3.63, 3.8) is 0 Å². The Morgan fingerprint density at radius 2 is 2.31 bits per heavy atom. The first kappa shape index (κ1) is 12.8. The smallest absolute Gasteiger partial charge is 0.308 e. The van der Waals surface area contributed by atoms with Gasteiger partial charge in [0.05, 0.1) is 10.9 Å². The van der Waals surface area contributed by atoms with E-state index >= 15 is 0 Å². The van der Waals surface area contributed by atoms with Crippen LogP contribution in [-0.2, 0) is 4.79 Å². The van der Waals surface area contributed by atoms with Crippen molar-refractivity contribution in [1.29, 1.82) is 0 Å². The predicted molar refractivity (Wildman–Crippen MR) is 64.1 cm³/mol. The zero-order valence-electron chi connectivity index (χ0n) is 9.57. The van der Waals surface area contributed by atoms with Crippen LogP contribution >= 0.6 is 11.6 Å². The molecule has 1 aromatic rings. The molecule has 1 aromatic heterocycles. The summed E-state index contributed by atoms with van der Waals surface area (Å²) in [6.07, 6.45) is 1.67. The Hall–Kier alpha value is -1.29. The molecule has 1 atom stereocenters. The zero-order valence-corrected chi connectivity index (χ0v) is 10.3. The van der Waals surface area contributed by atoms with E-state index in [1.165, 1.54) is 0 Å². The van der Waals surface area contributed by atoms with Crippen molar-refractivity contribution < 1.29 is 9.90 Å². The molecule has 0 amide bonds. The molecule has 0 aliphatic heterocycles. The summed E-state index contributed by atoms with van der Waals surface area (Å²) in [7, 11) is 1.78. The maximum absolute atomic E-state index is 10.7. The number of anilines is 1. The Labute approximate surface area is 99.9 Å². The van der Waals surface area contributed by atoms with Crippen LogP contribution in [0.1, 0.15) is 12.5 Å². The molecule has 0 saturated carbocycles. The van der Waals surface area contributed by atoms with Crippen LogP contribution in [0.15, 0.2) is 12.3 Å². The molecule has 4 nitrogen and oxygen atoms in total. The van der Waals surface area contributed by atoms with Gasteiger partial charge in [0.2, 0.25) is 0 Å². The maximum atomic E-state index is 10.7. The van der Waals surface area contributed by atoms with Crippen molar-refractivity contribution in [1.82, 2.24) is 4.98 Å². The third kappa shape index (κ3) is 2.85. The van der Waals surface area contributed by atoms with Crippen molar-refractivity contribution in [2.24, 2.45) is 5.92 Å². The number of hydrogen-bond donors (Lipinski definition) is 1. The number of aromatic nitrogens is 1. The number of nitrogens with zero attached hydrogens (tertiary/aromatic N) is 2. The fourth-order valence-corrected chi connectivity index (χ4v) is 1.62. The molecule has 0 aromatic carbocycles. The molecule has 0 unspecified atom stereocenters. The van der Waals surface area contributed by atoms with Crippen LogP contribution in [-0.4, -0.2) is 29.7 Å². The highest BCUT2D eigenvalue weighted by Crippen LogP contribution is 2.25. The summed E-state index contributed by atoms with van der Waals surface area (Å²) in [5.41, 5.74) is 0.932. The average Bonchev–Trinajstić information content (AvgIpc) is 2.21. The average molecular weight is 243 g/mol. The Bertz CT molecular complexity index is 396. The summed E-state index contributed by atoms with van der Waals surface area (Å²) >= 11 is 6.10.